The first-order chi connectivity index (χ1) is 17.0. The molecule has 0 radical (unpaired) electrons. The van der Waals surface area contributed by atoms with E-state index in [2.05, 4.69) is 16.5 Å². The van der Waals surface area contributed by atoms with Crippen LogP contribution in [0.2, 0.25) is 5.02 Å². The molecule has 8 heteroatoms. The predicted octanol–water partition coefficient (Wildman–Crippen LogP) is 5.46. The molecule has 0 saturated heterocycles. The summed E-state index contributed by atoms with van der Waals surface area (Å²) >= 11 is 6.05. The number of ether oxygens (including phenoxy) is 1. The number of esters is 1. The molecule has 1 N–H and O–H groups in total. The Morgan fingerprint density at radius 3 is 2.47 bits per heavy atom. The summed E-state index contributed by atoms with van der Waals surface area (Å²) in [5.41, 5.74) is 1.38. The molecule has 0 bridgehead atoms. The van der Waals surface area contributed by atoms with E-state index in [9.17, 15) is 14.9 Å². The summed E-state index contributed by atoms with van der Waals surface area (Å²) in [6, 6.07) is 16.8. The average Bonchev–Trinajstić information content (AvgIpc) is 3.34. The SMILES string of the molecule is CC(C)n1cc(C(=O)OC(C)(C)C(=O)N[C@@H](C)[C@@H](Cc2ccc(Cl)cc2)c2cccc(C#N)c2)cn1. The van der Waals surface area contributed by atoms with E-state index in [0.29, 0.717) is 17.0 Å². The first kappa shape index (κ1) is 27.0. The lowest BCUT2D eigenvalue weighted by molar-refractivity contribution is -0.138. The zero-order chi connectivity index (χ0) is 26.5. The summed E-state index contributed by atoms with van der Waals surface area (Å²) in [6.07, 6.45) is 3.65. The Balaban J connectivity index is 1.78. The van der Waals surface area contributed by atoms with Gasteiger partial charge in [-0.15, -0.1) is 0 Å². The van der Waals surface area contributed by atoms with Gasteiger partial charge in [0.1, 0.15) is 0 Å². The fourth-order valence-corrected chi connectivity index (χ4v) is 3.97. The molecule has 1 heterocycles. The van der Waals surface area contributed by atoms with Gasteiger partial charge in [-0.1, -0.05) is 35.9 Å². The molecule has 2 aromatic carbocycles. The van der Waals surface area contributed by atoms with E-state index < -0.39 is 17.5 Å². The van der Waals surface area contributed by atoms with Gasteiger partial charge in [0.15, 0.2) is 5.60 Å². The third-order valence-electron chi connectivity index (χ3n) is 6.04. The van der Waals surface area contributed by atoms with Gasteiger partial charge in [0.25, 0.3) is 5.91 Å². The molecule has 7 nitrogen and oxygen atoms in total. The Morgan fingerprint density at radius 2 is 1.86 bits per heavy atom. The van der Waals surface area contributed by atoms with Gasteiger partial charge in [0.05, 0.1) is 23.4 Å². The van der Waals surface area contributed by atoms with Crippen LogP contribution in [0.5, 0.6) is 0 Å². The van der Waals surface area contributed by atoms with E-state index in [1.54, 1.807) is 30.8 Å². The molecule has 0 unspecified atom stereocenters. The lowest BCUT2D eigenvalue weighted by Crippen LogP contribution is -2.50. The molecule has 0 fully saturated rings. The van der Waals surface area contributed by atoms with Gasteiger partial charge >= 0.3 is 5.97 Å². The molecule has 188 valence electrons. The number of nitriles is 1. The van der Waals surface area contributed by atoms with E-state index in [4.69, 9.17) is 16.3 Å². The second kappa shape index (κ2) is 11.4. The minimum absolute atomic E-state index is 0.0980. The normalized spacial score (nSPS) is 13.1. The highest BCUT2D eigenvalue weighted by Crippen LogP contribution is 2.27. The maximum absolute atomic E-state index is 13.2. The van der Waals surface area contributed by atoms with Gasteiger partial charge in [0.2, 0.25) is 0 Å². The van der Waals surface area contributed by atoms with E-state index in [0.717, 1.165) is 11.1 Å². The highest BCUT2D eigenvalue weighted by Gasteiger charge is 2.35. The van der Waals surface area contributed by atoms with Crippen LogP contribution in [0.3, 0.4) is 0 Å². The van der Waals surface area contributed by atoms with Crippen molar-refractivity contribution < 1.29 is 14.3 Å². The number of aromatic nitrogens is 2. The second-order valence-corrected chi connectivity index (χ2v) is 10.1. The minimum Gasteiger partial charge on any atom is -0.446 e. The molecule has 0 aliphatic heterocycles. The predicted molar refractivity (Wildman–Crippen MR) is 139 cm³/mol. The van der Waals surface area contributed by atoms with Crippen molar-refractivity contribution in [3.63, 3.8) is 0 Å². The number of carbonyl (C=O) groups excluding carboxylic acids is 2. The number of carbonyl (C=O) groups is 2. The van der Waals surface area contributed by atoms with Crippen molar-refractivity contribution in [1.29, 1.82) is 5.26 Å². The molecule has 36 heavy (non-hydrogen) atoms. The van der Waals surface area contributed by atoms with E-state index in [-0.39, 0.29) is 23.6 Å². The topological polar surface area (TPSA) is 97.0 Å². The van der Waals surface area contributed by atoms with Gasteiger partial charge in [-0.3, -0.25) is 9.48 Å². The Kier molecular flexibility index (Phi) is 8.54. The van der Waals surface area contributed by atoms with Crippen LogP contribution in [0.25, 0.3) is 0 Å². The lowest BCUT2D eigenvalue weighted by atomic mass is 9.85. The van der Waals surface area contributed by atoms with Crippen molar-refractivity contribution in [1.82, 2.24) is 15.1 Å². The number of halogens is 1. The number of benzene rings is 2. The van der Waals surface area contributed by atoms with Crippen LogP contribution in [0.15, 0.2) is 60.9 Å². The highest BCUT2D eigenvalue weighted by atomic mass is 35.5. The summed E-state index contributed by atoms with van der Waals surface area (Å²) in [7, 11) is 0. The lowest BCUT2D eigenvalue weighted by Gasteiger charge is -2.30. The summed E-state index contributed by atoms with van der Waals surface area (Å²) in [6.45, 7) is 8.93. The first-order valence-electron chi connectivity index (χ1n) is 11.8. The molecule has 0 aliphatic rings. The molecule has 1 amide bonds. The largest absolute Gasteiger partial charge is 0.446 e. The zero-order valence-electron chi connectivity index (χ0n) is 21.2. The monoisotopic (exact) mass is 506 g/mol. The molecular formula is C28H31ClN4O3. The van der Waals surface area contributed by atoms with Crippen LogP contribution in [0.4, 0.5) is 0 Å². The maximum atomic E-state index is 13.2. The first-order valence-corrected chi connectivity index (χ1v) is 12.2. The van der Waals surface area contributed by atoms with E-state index in [1.165, 1.54) is 6.20 Å². The number of hydrogen-bond donors (Lipinski definition) is 1. The quantitative estimate of drug-likeness (QED) is 0.389. The number of nitrogens with zero attached hydrogens (tertiary/aromatic N) is 3. The standard InChI is InChI=1S/C28H31ClN4O3/c1-18(2)33-17-23(16-31-33)26(34)36-28(4,5)27(35)32-19(3)25(14-20-9-11-24(29)12-10-20)22-8-6-7-21(13-22)15-30/h6-13,16-19,25H,14H2,1-5H3,(H,32,35)/t19-,25+/m0/s1. The number of rotatable bonds is 9. The van der Waals surface area contributed by atoms with Crippen molar-refractivity contribution in [2.45, 2.75) is 64.6 Å². The Labute approximate surface area is 217 Å². The number of amides is 1. The van der Waals surface area contributed by atoms with Crippen LogP contribution >= 0.6 is 11.6 Å². The molecule has 3 rings (SSSR count). The van der Waals surface area contributed by atoms with Gasteiger partial charge in [-0.2, -0.15) is 10.4 Å². The Hall–Kier alpha value is -3.63. The van der Waals surface area contributed by atoms with Crippen molar-refractivity contribution in [2.75, 3.05) is 0 Å². The highest BCUT2D eigenvalue weighted by molar-refractivity contribution is 6.30. The fraction of sp³-hybridized carbons (Fsp3) is 0.357. The van der Waals surface area contributed by atoms with Crippen molar-refractivity contribution >= 4 is 23.5 Å². The Morgan fingerprint density at radius 1 is 1.17 bits per heavy atom. The average molecular weight is 507 g/mol. The maximum Gasteiger partial charge on any atom is 0.342 e. The molecule has 0 saturated carbocycles. The zero-order valence-corrected chi connectivity index (χ0v) is 21.9. The van der Waals surface area contributed by atoms with Gasteiger partial charge in [0, 0.05) is 29.2 Å². The van der Waals surface area contributed by atoms with E-state index >= 15 is 0 Å². The van der Waals surface area contributed by atoms with Gasteiger partial charge in [-0.05, 0) is 76.4 Å². The molecular weight excluding hydrogens is 476 g/mol. The smallest absolute Gasteiger partial charge is 0.342 e. The minimum atomic E-state index is -1.41. The van der Waals surface area contributed by atoms with Gasteiger partial charge in [-0.25, -0.2) is 4.79 Å². The van der Waals surface area contributed by atoms with Gasteiger partial charge < -0.3 is 10.1 Å². The van der Waals surface area contributed by atoms with Crippen LogP contribution < -0.4 is 5.32 Å². The van der Waals surface area contributed by atoms with Crippen molar-refractivity contribution in [3.05, 3.63) is 88.2 Å². The summed E-state index contributed by atoms with van der Waals surface area (Å²) in [5.74, 6) is -1.18. The molecule has 1 aromatic heterocycles. The van der Waals surface area contributed by atoms with Crippen LogP contribution in [-0.2, 0) is 16.0 Å². The third kappa shape index (κ3) is 6.73. The summed E-state index contributed by atoms with van der Waals surface area (Å²) in [4.78, 5) is 25.9. The number of hydrogen-bond acceptors (Lipinski definition) is 5. The van der Waals surface area contributed by atoms with Crippen LogP contribution in [-0.4, -0.2) is 33.3 Å². The van der Waals surface area contributed by atoms with Crippen LogP contribution in [0, 0.1) is 11.3 Å². The molecule has 0 spiro atoms. The molecule has 0 aliphatic carbocycles. The summed E-state index contributed by atoms with van der Waals surface area (Å²) < 4.78 is 7.23. The third-order valence-corrected chi connectivity index (χ3v) is 6.29. The fourth-order valence-electron chi connectivity index (χ4n) is 3.84. The Bertz CT molecular complexity index is 1260. The van der Waals surface area contributed by atoms with Crippen LogP contribution in [0.1, 0.15) is 73.6 Å². The van der Waals surface area contributed by atoms with Crippen molar-refractivity contribution in [2.24, 2.45) is 0 Å². The molecule has 3 aromatic rings. The summed E-state index contributed by atoms with van der Waals surface area (Å²) in [5, 5.41) is 17.2. The number of nitrogens with one attached hydrogen (secondary N) is 1. The second-order valence-electron chi connectivity index (χ2n) is 9.64. The van der Waals surface area contributed by atoms with Crippen molar-refractivity contribution in [3.8, 4) is 6.07 Å². The molecule has 2 atom stereocenters. The van der Waals surface area contributed by atoms with E-state index in [1.807, 2.05) is 63.2 Å².